The summed E-state index contributed by atoms with van der Waals surface area (Å²) < 4.78 is 39.7. The molecule has 0 saturated heterocycles. The molecule has 0 spiro atoms. The van der Waals surface area contributed by atoms with Gasteiger partial charge in [0.15, 0.2) is 0 Å². The average molecular weight is 545 g/mol. The quantitative estimate of drug-likeness (QED) is 0.249. The first kappa shape index (κ1) is 25.7. The first-order valence-electron chi connectivity index (χ1n) is 12.0. The second kappa shape index (κ2) is 9.73. The van der Waals surface area contributed by atoms with Crippen molar-refractivity contribution in [1.82, 2.24) is 9.88 Å². The van der Waals surface area contributed by atoms with Crippen molar-refractivity contribution in [2.45, 2.75) is 44.3 Å². The van der Waals surface area contributed by atoms with Crippen LogP contribution in [0.15, 0.2) is 66.9 Å². The van der Waals surface area contributed by atoms with Crippen LogP contribution in [-0.4, -0.2) is 22.3 Å². The molecule has 0 bridgehead atoms. The molecule has 1 amide bonds. The number of aromatic nitrogens is 1. The number of fused-ring (bicyclic) bond motifs is 1. The molecule has 192 valence electrons. The lowest BCUT2D eigenvalue weighted by Gasteiger charge is -2.24. The highest BCUT2D eigenvalue weighted by Gasteiger charge is 2.40. The monoisotopic (exact) mass is 544 g/mol. The van der Waals surface area contributed by atoms with E-state index in [-0.39, 0.29) is 30.8 Å². The minimum absolute atomic E-state index is 0.106. The number of carbonyl (C=O) groups is 1. The molecule has 37 heavy (non-hydrogen) atoms. The highest BCUT2D eigenvalue weighted by molar-refractivity contribution is 6.32. The van der Waals surface area contributed by atoms with Crippen molar-refractivity contribution >= 4 is 40.0 Å². The highest BCUT2D eigenvalue weighted by Crippen LogP contribution is 2.50. The number of alkyl halides is 3. The molecule has 0 aliphatic heterocycles. The zero-order chi connectivity index (χ0) is 26.4. The Labute approximate surface area is 223 Å². The maximum absolute atomic E-state index is 13.8. The van der Waals surface area contributed by atoms with Gasteiger partial charge in [0.1, 0.15) is 0 Å². The Morgan fingerprint density at radius 2 is 1.81 bits per heavy atom. The molecule has 1 aromatic heterocycles. The Balaban J connectivity index is 1.45. The standard InChI is InChI=1S/C29H25Cl2F3N2O/c1-28(9-10-28)24-6-5-19(14-25(24)31)17-36(12-8-18-3-2-4-21(13-18)29(32,33)34)27(37)23-16-22(30)15-20-7-11-35-26(20)23/h2-7,11,13-16,35H,8-10,12,17H2,1H3. The number of carbonyl (C=O) groups excluding carboxylic acids is 1. The van der Waals surface area contributed by atoms with Gasteiger partial charge in [-0.05, 0) is 71.7 Å². The molecule has 1 aliphatic carbocycles. The van der Waals surface area contributed by atoms with Crippen molar-refractivity contribution in [3.05, 3.63) is 105 Å². The molecule has 1 saturated carbocycles. The fourth-order valence-corrected chi connectivity index (χ4v) is 5.38. The number of benzene rings is 3. The zero-order valence-electron chi connectivity index (χ0n) is 20.1. The molecular formula is C29H25Cl2F3N2O. The SMILES string of the molecule is CC1(c2ccc(CN(CCc3cccc(C(F)(F)F)c3)C(=O)c3cc(Cl)cc4cc[nH]c34)cc2Cl)CC1. The molecule has 3 aromatic carbocycles. The van der Waals surface area contributed by atoms with Gasteiger partial charge >= 0.3 is 6.18 Å². The Hall–Kier alpha value is -2.96. The van der Waals surface area contributed by atoms with E-state index in [9.17, 15) is 18.0 Å². The minimum Gasteiger partial charge on any atom is -0.361 e. The number of amides is 1. The molecule has 8 heteroatoms. The number of aromatic amines is 1. The van der Waals surface area contributed by atoms with Crippen LogP contribution >= 0.6 is 23.2 Å². The summed E-state index contributed by atoms with van der Waals surface area (Å²) in [7, 11) is 0. The molecule has 0 unspecified atom stereocenters. The normalized spacial score (nSPS) is 14.6. The van der Waals surface area contributed by atoms with Gasteiger partial charge in [-0.25, -0.2) is 0 Å². The predicted octanol–water partition coefficient (Wildman–Crippen LogP) is 8.43. The Bertz CT molecular complexity index is 1470. The topological polar surface area (TPSA) is 36.1 Å². The van der Waals surface area contributed by atoms with Gasteiger partial charge in [0, 0.05) is 34.7 Å². The van der Waals surface area contributed by atoms with Crippen LogP contribution in [0.2, 0.25) is 10.0 Å². The van der Waals surface area contributed by atoms with E-state index in [1.165, 1.54) is 6.07 Å². The maximum Gasteiger partial charge on any atom is 0.416 e. The number of halogens is 5. The van der Waals surface area contributed by atoms with E-state index < -0.39 is 11.7 Å². The average Bonchev–Trinajstić information content (AvgIpc) is 3.41. The molecule has 1 heterocycles. The van der Waals surface area contributed by atoms with Crippen LogP contribution < -0.4 is 0 Å². The van der Waals surface area contributed by atoms with E-state index >= 15 is 0 Å². The maximum atomic E-state index is 13.8. The van der Waals surface area contributed by atoms with E-state index in [2.05, 4.69) is 11.9 Å². The molecule has 1 fully saturated rings. The van der Waals surface area contributed by atoms with Gasteiger partial charge in [0.25, 0.3) is 5.91 Å². The highest BCUT2D eigenvalue weighted by atomic mass is 35.5. The zero-order valence-corrected chi connectivity index (χ0v) is 21.6. The number of nitrogens with one attached hydrogen (secondary N) is 1. The Kier molecular flexibility index (Phi) is 6.75. The van der Waals surface area contributed by atoms with Crippen molar-refractivity contribution in [3.8, 4) is 0 Å². The molecule has 1 N–H and O–H groups in total. The van der Waals surface area contributed by atoms with Gasteiger partial charge < -0.3 is 9.88 Å². The smallest absolute Gasteiger partial charge is 0.361 e. The third-order valence-electron chi connectivity index (χ3n) is 7.12. The van der Waals surface area contributed by atoms with Gasteiger partial charge in [-0.1, -0.05) is 60.5 Å². The lowest BCUT2D eigenvalue weighted by atomic mass is 9.97. The van der Waals surface area contributed by atoms with Crippen LogP contribution in [0.3, 0.4) is 0 Å². The van der Waals surface area contributed by atoms with E-state index in [0.29, 0.717) is 26.7 Å². The molecule has 5 rings (SSSR count). The summed E-state index contributed by atoms with van der Waals surface area (Å²) in [6.45, 7) is 2.65. The number of hydrogen-bond acceptors (Lipinski definition) is 1. The summed E-state index contributed by atoms with van der Waals surface area (Å²) in [5.41, 5.74) is 2.91. The van der Waals surface area contributed by atoms with Crippen LogP contribution in [0.4, 0.5) is 13.2 Å². The molecular weight excluding hydrogens is 520 g/mol. The van der Waals surface area contributed by atoms with Crippen LogP contribution in [0.5, 0.6) is 0 Å². The third-order valence-corrected chi connectivity index (χ3v) is 7.65. The summed E-state index contributed by atoms with van der Waals surface area (Å²) in [4.78, 5) is 18.6. The number of hydrogen-bond donors (Lipinski definition) is 1. The van der Waals surface area contributed by atoms with Gasteiger partial charge in [-0.15, -0.1) is 0 Å². The molecule has 0 atom stereocenters. The van der Waals surface area contributed by atoms with Crippen molar-refractivity contribution in [2.75, 3.05) is 6.54 Å². The summed E-state index contributed by atoms with van der Waals surface area (Å²) in [6.07, 6.45) is -0.249. The fraction of sp³-hybridized carbons (Fsp3) is 0.276. The minimum atomic E-state index is -4.43. The van der Waals surface area contributed by atoms with E-state index in [1.54, 1.807) is 29.3 Å². The van der Waals surface area contributed by atoms with Crippen LogP contribution in [-0.2, 0) is 24.6 Å². The van der Waals surface area contributed by atoms with Crippen LogP contribution in [0.25, 0.3) is 10.9 Å². The lowest BCUT2D eigenvalue weighted by molar-refractivity contribution is -0.137. The Morgan fingerprint density at radius 1 is 1.03 bits per heavy atom. The molecule has 1 aliphatic rings. The predicted molar refractivity (Wildman–Crippen MR) is 141 cm³/mol. The van der Waals surface area contributed by atoms with Gasteiger partial charge in [-0.3, -0.25) is 4.79 Å². The lowest BCUT2D eigenvalue weighted by Crippen LogP contribution is -2.33. The fourth-order valence-electron chi connectivity index (χ4n) is 4.72. The van der Waals surface area contributed by atoms with E-state index in [1.807, 2.05) is 24.3 Å². The molecule has 0 radical (unpaired) electrons. The number of nitrogens with zero attached hydrogens (tertiary/aromatic N) is 1. The van der Waals surface area contributed by atoms with Crippen LogP contribution in [0, 0.1) is 0 Å². The second-order valence-electron chi connectivity index (χ2n) is 9.94. The van der Waals surface area contributed by atoms with Gasteiger partial charge in [0.2, 0.25) is 0 Å². The Morgan fingerprint density at radius 3 is 2.51 bits per heavy atom. The van der Waals surface area contributed by atoms with Crippen molar-refractivity contribution in [1.29, 1.82) is 0 Å². The summed E-state index contributed by atoms with van der Waals surface area (Å²) in [5, 5.41) is 1.90. The van der Waals surface area contributed by atoms with Gasteiger partial charge in [-0.2, -0.15) is 13.2 Å². The first-order chi connectivity index (χ1) is 17.5. The largest absolute Gasteiger partial charge is 0.416 e. The molecule has 4 aromatic rings. The third kappa shape index (κ3) is 5.51. The summed E-state index contributed by atoms with van der Waals surface area (Å²) in [5.74, 6) is -0.267. The second-order valence-corrected chi connectivity index (χ2v) is 10.8. The van der Waals surface area contributed by atoms with Crippen LogP contribution in [0.1, 0.15) is 52.4 Å². The van der Waals surface area contributed by atoms with Crippen molar-refractivity contribution < 1.29 is 18.0 Å². The van der Waals surface area contributed by atoms with E-state index in [0.717, 1.165) is 41.5 Å². The van der Waals surface area contributed by atoms with Gasteiger partial charge in [0.05, 0.1) is 16.6 Å². The summed E-state index contributed by atoms with van der Waals surface area (Å²) in [6, 6.07) is 16.3. The molecule has 3 nitrogen and oxygen atoms in total. The van der Waals surface area contributed by atoms with Crippen molar-refractivity contribution in [2.24, 2.45) is 0 Å². The van der Waals surface area contributed by atoms with E-state index in [4.69, 9.17) is 23.2 Å². The van der Waals surface area contributed by atoms with Crippen molar-refractivity contribution in [3.63, 3.8) is 0 Å². The number of H-pyrrole nitrogens is 1. The number of rotatable bonds is 7. The first-order valence-corrected chi connectivity index (χ1v) is 12.8. The summed E-state index contributed by atoms with van der Waals surface area (Å²) >= 11 is 12.9.